The Bertz CT molecular complexity index is 854. The highest BCUT2D eigenvalue weighted by molar-refractivity contribution is 9.10. The minimum Gasteiger partial charge on any atom is -0.494 e. The normalized spacial score (nSPS) is 18.3. The Balaban J connectivity index is 1.82. The molecule has 0 bridgehead atoms. The molecule has 7 heteroatoms. The lowest BCUT2D eigenvalue weighted by atomic mass is 9.91. The van der Waals surface area contributed by atoms with Crippen molar-refractivity contribution in [1.82, 2.24) is 5.32 Å². The number of carbonyl (C=O) groups excluding carboxylic acids is 1. The lowest BCUT2D eigenvalue weighted by Gasteiger charge is -2.22. The van der Waals surface area contributed by atoms with Crippen molar-refractivity contribution in [3.8, 4) is 5.75 Å². The predicted octanol–water partition coefficient (Wildman–Crippen LogP) is 2.71. The van der Waals surface area contributed by atoms with Gasteiger partial charge in [-0.1, -0.05) is 34.1 Å². The Morgan fingerprint density at radius 3 is 2.71 bits per heavy atom. The summed E-state index contributed by atoms with van der Waals surface area (Å²) >= 11 is 3.54. The van der Waals surface area contributed by atoms with Gasteiger partial charge in [0.1, 0.15) is 12.4 Å². The molecule has 0 aliphatic carbocycles. The number of nitrogens with zero attached hydrogens (tertiary/aromatic N) is 1. The summed E-state index contributed by atoms with van der Waals surface area (Å²) in [7, 11) is 1.61. The molecule has 0 saturated carbocycles. The standard InChI is InChI=1S/C21H23BrN2O4/c1-23-20(26)21(13-16-5-2-3-6-18(16)22)14-28-19(24-21)15-7-9-17(10-8-15)27-12-4-11-25/h2-3,5-10,25H,4,11-14H2,1H3,(H,23,26)/t21-/m1/s1. The molecule has 148 valence electrons. The molecule has 6 nitrogen and oxygen atoms in total. The first kappa shape index (κ1) is 20.4. The van der Waals surface area contributed by atoms with Gasteiger partial charge in [0.15, 0.2) is 5.54 Å². The number of aliphatic hydroxyl groups is 1. The Morgan fingerprint density at radius 2 is 2.04 bits per heavy atom. The molecule has 1 aliphatic heterocycles. The highest BCUT2D eigenvalue weighted by Gasteiger charge is 2.44. The van der Waals surface area contributed by atoms with Gasteiger partial charge in [0.2, 0.25) is 5.90 Å². The smallest absolute Gasteiger partial charge is 0.251 e. The number of aliphatic hydroxyl groups excluding tert-OH is 1. The fraction of sp³-hybridized carbons (Fsp3) is 0.333. The number of halogens is 1. The monoisotopic (exact) mass is 446 g/mol. The van der Waals surface area contributed by atoms with Crippen LogP contribution in [0.5, 0.6) is 5.75 Å². The molecular formula is C21H23BrN2O4. The highest BCUT2D eigenvalue weighted by Crippen LogP contribution is 2.30. The van der Waals surface area contributed by atoms with E-state index in [0.29, 0.717) is 31.1 Å². The van der Waals surface area contributed by atoms with Gasteiger partial charge in [-0.25, -0.2) is 4.99 Å². The maximum Gasteiger partial charge on any atom is 0.251 e. The van der Waals surface area contributed by atoms with Crippen LogP contribution in [0.25, 0.3) is 0 Å². The third kappa shape index (κ3) is 4.54. The Morgan fingerprint density at radius 1 is 1.29 bits per heavy atom. The second kappa shape index (κ2) is 9.21. The van der Waals surface area contributed by atoms with E-state index in [9.17, 15) is 4.79 Å². The number of carbonyl (C=O) groups is 1. The first-order valence-corrected chi connectivity index (χ1v) is 9.89. The van der Waals surface area contributed by atoms with E-state index in [1.807, 2.05) is 48.5 Å². The molecule has 0 fully saturated rings. The van der Waals surface area contributed by atoms with Gasteiger partial charge in [-0.2, -0.15) is 0 Å². The number of amides is 1. The van der Waals surface area contributed by atoms with Crippen molar-refractivity contribution in [3.63, 3.8) is 0 Å². The van der Waals surface area contributed by atoms with Crippen LogP contribution < -0.4 is 10.1 Å². The van der Waals surface area contributed by atoms with Gasteiger partial charge in [0.05, 0.1) is 6.61 Å². The summed E-state index contributed by atoms with van der Waals surface area (Å²) in [5.41, 5.74) is 0.768. The van der Waals surface area contributed by atoms with Crippen molar-refractivity contribution in [1.29, 1.82) is 0 Å². The Hall–Kier alpha value is -2.38. The zero-order valence-electron chi connectivity index (χ0n) is 15.7. The molecule has 2 N–H and O–H groups in total. The van der Waals surface area contributed by atoms with E-state index in [4.69, 9.17) is 14.6 Å². The van der Waals surface area contributed by atoms with E-state index in [0.717, 1.165) is 15.6 Å². The van der Waals surface area contributed by atoms with Crippen LogP contribution >= 0.6 is 15.9 Å². The van der Waals surface area contributed by atoms with Crippen molar-refractivity contribution in [2.24, 2.45) is 4.99 Å². The van der Waals surface area contributed by atoms with Gasteiger partial charge >= 0.3 is 0 Å². The quantitative estimate of drug-likeness (QED) is 0.610. The van der Waals surface area contributed by atoms with Crippen molar-refractivity contribution in [2.45, 2.75) is 18.4 Å². The number of hydrogen-bond donors (Lipinski definition) is 2. The molecule has 2 aromatic rings. The Labute approximate surface area is 172 Å². The number of ether oxygens (including phenoxy) is 2. The first-order chi connectivity index (χ1) is 13.6. The van der Waals surface area contributed by atoms with E-state index in [1.165, 1.54) is 0 Å². The molecule has 0 aromatic heterocycles. The van der Waals surface area contributed by atoms with Gasteiger partial charge in [0.25, 0.3) is 5.91 Å². The van der Waals surface area contributed by atoms with Crippen molar-refractivity contribution in [2.75, 3.05) is 26.9 Å². The van der Waals surface area contributed by atoms with E-state index in [1.54, 1.807) is 7.05 Å². The molecule has 0 saturated heterocycles. The van der Waals surface area contributed by atoms with E-state index in [-0.39, 0.29) is 19.1 Å². The maximum absolute atomic E-state index is 12.7. The highest BCUT2D eigenvalue weighted by atomic mass is 79.9. The largest absolute Gasteiger partial charge is 0.494 e. The van der Waals surface area contributed by atoms with Gasteiger partial charge in [-0.3, -0.25) is 4.79 Å². The fourth-order valence-electron chi connectivity index (χ4n) is 3.02. The van der Waals surface area contributed by atoms with Crippen molar-refractivity contribution in [3.05, 3.63) is 64.1 Å². The fourth-order valence-corrected chi connectivity index (χ4v) is 3.44. The van der Waals surface area contributed by atoms with E-state index >= 15 is 0 Å². The molecular weight excluding hydrogens is 424 g/mol. The molecule has 3 rings (SSSR count). The average Bonchev–Trinajstić information content (AvgIpc) is 3.15. The summed E-state index contributed by atoms with van der Waals surface area (Å²) in [5, 5.41) is 11.5. The number of likely N-dealkylation sites (N-methyl/N-ethyl adjacent to an activating group) is 1. The zero-order chi connectivity index (χ0) is 20.0. The second-order valence-electron chi connectivity index (χ2n) is 6.53. The second-order valence-corrected chi connectivity index (χ2v) is 7.39. The third-order valence-corrected chi connectivity index (χ3v) is 5.30. The van der Waals surface area contributed by atoms with Gasteiger partial charge in [-0.05, 0) is 35.9 Å². The van der Waals surface area contributed by atoms with Crippen LogP contribution in [0, 0.1) is 0 Å². The van der Waals surface area contributed by atoms with Gasteiger partial charge in [0, 0.05) is 36.5 Å². The number of aliphatic imine (C=N–C) groups is 1. The molecule has 1 heterocycles. The molecule has 1 atom stereocenters. The third-order valence-electron chi connectivity index (χ3n) is 4.53. The summed E-state index contributed by atoms with van der Waals surface area (Å²) in [4.78, 5) is 17.4. The van der Waals surface area contributed by atoms with Gasteiger partial charge < -0.3 is 19.9 Å². The average molecular weight is 447 g/mol. The minimum absolute atomic E-state index is 0.0990. The molecule has 0 unspecified atom stereocenters. The van der Waals surface area contributed by atoms with E-state index < -0.39 is 5.54 Å². The number of rotatable bonds is 8. The summed E-state index contributed by atoms with van der Waals surface area (Å²) in [6.45, 7) is 0.735. The summed E-state index contributed by atoms with van der Waals surface area (Å²) in [6, 6.07) is 15.1. The van der Waals surface area contributed by atoms with E-state index in [2.05, 4.69) is 26.2 Å². The SMILES string of the molecule is CNC(=O)[C@@]1(Cc2ccccc2Br)COC(c2ccc(OCCCO)cc2)=N1. The van der Waals surface area contributed by atoms with Crippen LogP contribution in [0.15, 0.2) is 58.0 Å². The lowest BCUT2D eigenvalue weighted by molar-refractivity contribution is -0.126. The molecule has 0 spiro atoms. The molecule has 2 aromatic carbocycles. The molecule has 28 heavy (non-hydrogen) atoms. The molecule has 1 aliphatic rings. The summed E-state index contributed by atoms with van der Waals surface area (Å²) in [5.74, 6) is 0.973. The number of hydrogen-bond acceptors (Lipinski definition) is 5. The number of benzene rings is 2. The predicted molar refractivity (Wildman–Crippen MR) is 111 cm³/mol. The van der Waals surface area contributed by atoms with Crippen molar-refractivity contribution >= 4 is 27.7 Å². The molecule has 0 radical (unpaired) electrons. The van der Waals surface area contributed by atoms with Crippen LogP contribution in [0.1, 0.15) is 17.5 Å². The lowest BCUT2D eigenvalue weighted by Crippen LogP contribution is -2.47. The number of nitrogens with one attached hydrogen (secondary N) is 1. The van der Waals surface area contributed by atoms with Crippen molar-refractivity contribution < 1.29 is 19.4 Å². The van der Waals surface area contributed by atoms with Crippen LogP contribution in [-0.4, -0.2) is 49.3 Å². The maximum atomic E-state index is 12.7. The summed E-state index contributed by atoms with van der Waals surface area (Å²) < 4.78 is 12.3. The van der Waals surface area contributed by atoms with Crippen LogP contribution in [0.2, 0.25) is 0 Å². The summed E-state index contributed by atoms with van der Waals surface area (Å²) in [6.07, 6.45) is 1.02. The minimum atomic E-state index is -1.01. The van der Waals surface area contributed by atoms with Crippen LogP contribution in [0.3, 0.4) is 0 Å². The van der Waals surface area contributed by atoms with Gasteiger partial charge in [-0.15, -0.1) is 0 Å². The topological polar surface area (TPSA) is 80.2 Å². The van der Waals surface area contributed by atoms with Crippen LogP contribution in [0.4, 0.5) is 0 Å². The van der Waals surface area contributed by atoms with Crippen LogP contribution in [-0.2, 0) is 16.0 Å². The zero-order valence-corrected chi connectivity index (χ0v) is 17.2. The Kier molecular flexibility index (Phi) is 6.70. The first-order valence-electron chi connectivity index (χ1n) is 9.10. The molecule has 1 amide bonds.